The summed E-state index contributed by atoms with van der Waals surface area (Å²) in [6, 6.07) is 10.7. The fraction of sp³-hybridized carbons (Fsp3) is 0.294. The fourth-order valence-corrected chi connectivity index (χ4v) is 2.93. The van der Waals surface area contributed by atoms with Gasteiger partial charge in [-0.15, -0.1) is 0 Å². The minimum atomic E-state index is -0.271. The van der Waals surface area contributed by atoms with Crippen LogP contribution in [0.3, 0.4) is 0 Å². The number of halogens is 1. The first-order valence-electron chi connectivity index (χ1n) is 7.73. The summed E-state index contributed by atoms with van der Waals surface area (Å²) in [4.78, 5) is 4.22. The first-order chi connectivity index (χ1) is 11.3. The third-order valence-corrected chi connectivity index (χ3v) is 4.17. The Balaban J connectivity index is 1.40. The van der Waals surface area contributed by atoms with Crippen molar-refractivity contribution in [3.8, 4) is 11.3 Å². The molecule has 0 saturated carbocycles. The van der Waals surface area contributed by atoms with E-state index in [2.05, 4.69) is 15.4 Å². The highest BCUT2D eigenvalue weighted by Gasteiger charge is 2.19. The lowest BCUT2D eigenvalue weighted by Gasteiger charge is -2.23. The Morgan fingerprint density at radius 2 is 2.17 bits per heavy atom. The van der Waals surface area contributed by atoms with Gasteiger partial charge in [0.15, 0.2) is 0 Å². The summed E-state index contributed by atoms with van der Waals surface area (Å²) in [5.74, 6) is 2.13. The summed E-state index contributed by atoms with van der Waals surface area (Å²) in [6.07, 6.45) is 3.56. The number of nitrogens with zero attached hydrogens (tertiary/aromatic N) is 3. The second-order valence-corrected chi connectivity index (χ2v) is 5.72. The lowest BCUT2D eigenvalue weighted by atomic mass is 10.1. The van der Waals surface area contributed by atoms with Crippen LogP contribution in [0.4, 0.5) is 4.39 Å². The SMILES string of the molecule is Fc1ccccc1-c1ccc(CNC2CCc3ncnn3C2)o1. The molecule has 4 rings (SSSR count). The van der Waals surface area contributed by atoms with Crippen LogP contribution in [-0.2, 0) is 19.5 Å². The Kier molecular flexibility index (Phi) is 3.67. The van der Waals surface area contributed by atoms with E-state index in [1.165, 1.54) is 6.07 Å². The van der Waals surface area contributed by atoms with Crippen LogP contribution in [0, 0.1) is 5.82 Å². The van der Waals surface area contributed by atoms with E-state index in [1.807, 2.05) is 16.8 Å². The van der Waals surface area contributed by atoms with E-state index < -0.39 is 0 Å². The first kappa shape index (κ1) is 14.1. The maximum atomic E-state index is 13.8. The van der Waals surface area contributed by atoms with Crippen molar-refractivity contribution in [2.24, 2.45) is 0 Å². The molecule has 0 fully saturated rings. The van der Waals surface area contributed by atoms with Crippen molar-refractivity contribution in [3.63, 3.8) is 0 Å². The van der Waals surface area contributed by atoms with Gasteiger partial charge >= 0.3 is 0 Å². The van der Waals surface area contributed by atoms with Crippen molar-refractivity contribution in [3.05, 3.63) is 60.1 Å². The number of aromatic nitrogens is 3. The molecule has 0 saturated heterocycles. The molecular weight excluding hydrogens is 295 g/mol. The molecule has 2 aromatic heterocycles. The van der Waals surface area contributed by atoms with Gasteiger partial charge in [-0.1, -0.05) is 12.1 Å². The van der Waals surface area contributed by atoms with Crippen LogP contribution < -0.4 is 5.32 Å². The van der Waals surface area contributed by atoms with Crippen molar-refractivity contribution in [1.82, 2.24) is 20.1 Å². The van der Waals surface area contributed by atoms with Crippen molar-refractivity contribution in [1.29, 1.82) is 0 Å². The van der Waals surface area contributed by atoms with E-state index >= 15 is 0 Å². The van der Waals surface area contributed by atoms with E-state index in [9.17, 15) is 4.39 Å². The summed E-state index contributed by atoms with van der Waals surface area (Å²) in [5, 5.41) is 7.69. The van der Waals surface area contributed by atoms with Gasteiger partial charge in [-0.05, 0) is 30.7 Å². The summed E-state index contributed by atoms with van der Waals surface area (Å²) in [6.45, 7) is 1.43. The standard InChI is InChI=1S/C17H17FN4O/c18-15-4-2-1-3-14(15)16-7-6-13(23-16)9-19-12-5-8-17-20-11-21-22(17)10-12/h1-4,6-7,11-12,19H,5,8-10H2. The highest BCUT2D eigenvalue weighted by Crippen LogP contribution is 2.24. The summed E-state index contributed by atoms with van der Waals surface area (Å²) in [7, 11) is 0. The molecule has 1 aliphatic heterocycles. The molecule has 1 atom stereocenters. The molecule has 0 amide bonds. The van der Waals surface area contributed by atoms with Gasteiger partial charge in [0.25, 0.3) is 0 Å². The average Bonchev–Trinajstić information content (AvgIpc) is 3.22. The van der Waals surface area contributed by atoms with Crippen LogP contribution in [0.25, 0.3) is 11.3 Å². The average molecular weight is 312 g/mol. The summed E-state index contributed by atoms with van der Waals surface area (Å²) >= 11 is 0. The molecule has 1 aliphatic rings. The molecule has 118 valence electrons. The van der Waals surface area contributed by atoms with Crippen LogP contribution >= 0.6 is 0 Å². The predicted molar refractivity (Wildman–Crippen MR) is 83.1 cm³/mol. The van der Waals surface area contributed by atoms with E-state index in [0.717, 1.165) is 31.0 Å². The lowest BCUT2D eigenvalue weighted by molar-refractivity contribution is 0.345. The number of fused-ring (bicyclic) bond motifs is 1. The van der Waals surface area contributed by atoms with E-state index in [-0.39, 0.29) is 5.82 Å². The normalized spacial score (nSPS) is 17.2. The molecule has 6 heteroatoms. The Bertz CT molecular complexity index is 810. The third kappa shape index (κ3) is 2.90. The van der Waals surface area contributed by atoms with E-state index in [1.54, 1.807) is 24.5 Å². The number of nitrogens with one attached hydrogen (secondary N) is 1. The molecule has 3 aromatic rings. The highest BCUT2D eigenvalue weighted by atomic mass is 19.1. The molecule has 0 spiro atoms. The maximum Gasteiger partial charge on any atom is 0.138 e. The van der Waals surface area contributed by atoms with Crippen molar-refractivity contribution in [2.75, 3.05) is 0 Å². The van der Waals surface area contributed by atoms with Crippen LogP contribution in [-0.4, -0.2) is 20.8 Å². The van der Waals surface area contributed by atoms with Crippen LogP contribution in [0.2, 0.25) is 0 Å². The summed E-state index contributed by atoms with van der Waals surface area (Å²) in [5.41, 5.74) is 0.490. The third-order valence-electron chi connectivity index (χ3n) is 4.17. The smallest absolute Gasteiger partial charge is 0.138 e. The molecule has 1 unspecified atom stereocenters. The van der Waals surface area contributed by atoms with E-state index in [4.69, 9.17) is 4.42 Å². The van der Waals surface area contributed by atoms with E-state index in [0.29, 0.717) is 23.9 Å². The van der Waals surface area contributed by atoms with Gasteiger partial charge in [0, 0.05) is 12.5 Å². The van der Waals surface area contributed by atoms with Crippen LogP contribution in [0.5, 0.6) is 0 Å². The van der Waals surface area contributed by atoms with Crippen molar-refractivity contribution < 1.29 is 8.81 Å². The van der Waals surface area contributed by atoms with Gasteiger partial charge in [-0.3, -0.25) is 0 Å². The molecule has 0 bridgehead atoms. The predicted octanol–water partition coefficient (Wildman–Crippen LogP) is 2.78. The molecule has 3 heterocycles. The largest absolute Gasteiger partial charge is 0.460 e. The van der Waals surface area contributed by atoms with Crippen LogP contribution in [0.1, 0.15) is 18.0 Å². The lowest BCUT2D eigenvalue weighted by Crippen LogP contribution is -2.37. The zero-order chi connectivity index (χ0) is 15.6. The van der Waals surface area contributed by atoms with Gasteiger partial charge in [0.05, 0.1) is 18.7 Å². The number of hydrogen-bond acceptors (Lipinski definition) is 4. The molecule has 0 aliphatic carbocycles. The summed E-state index contributed by atoms with van der Waals surface area (Å²) < 4.78 is 21.5. The highest BCUT2D eigenvalue weighted by molar-refractivity contribution is 5.58. The zero-order valence-electron chi connectivity index (χ0n) is 12.6. The zero-order valence-corrected chi connectivity index (χ0v) is 12.6. The van der Waals surface area contributed by atoms with Crippen molar-refractivity contribution >= 4 is 0 Å². The number of benzene rings is 1. The van der Waals surface area contributed by atoms with Gasteiger partial charge in [-0.25, -0.2) is 14.1 Å². The fourth-order valence-electron chi connectivity index (χ4n) is 2.93. The number of aryl methyl sites for hydroxylation is 1. The number of furan rings is 1. The monoisotopic (exact) mass is 312 g/mol. The number of hydrogen-bond donors (Lipinski definition) is 1. The van der Waals surface area contributed by atoms with Crippen molar-refractivity contribution in [2.45, 2.75) is 32.0 Å². The number of rotatable bonds is 4. The van der Waals surface area contributed by atoms with Crippen LogP contribution in [0.15, 0.2) is 47.1 Å². The topological polar surface area (TPSA) is 55.9 Å². The molecule has 0 radical (unpaired) electrons. The maximum absolute atomic E-state index is 13.8. The minimum Gasteiger partial charge on any atom is -0.460 e. The van der Waals surface area contributed by atoms with Gasteiger partial charge in [0.1, 0.15) is 29.5 Å². The van der Waals surface area contributed by atoms with Gasteiger partial charge in [0.2, 0.25) is 0 Å². The quantitative estimate of drug-likeness (QED) is 0.805. The molecule has 1 N–H and O–H groups in total. The Morgan fingerprint density at radius 1 is 1.26 bits per heavy atom. The second-order valence-electron chi connectivity index (χ2n) is 5.72. The molecule has 1 aromatic carbocycles. The first-order valence-corrected chi connectivity index (χ1v) is 7.73. The Labute approximate surface area is 133 Å². The molecular formula is C17H17FN4O. The molecule has 23 heavy (non-hydrogen) atoms. The van der Waals surface area contributed by atoms with Gasteiger partial charge < -0.3 is 9.73 Å². The van der Waals surface area contributed by atoms with Gasteiger partial charge in [-0.2, -0.15) is 5.10 Å². The second kappa shape index (κ2) is 5.96. The Morgan fingerprint density at radius 3 is 3.09 bits per heavy atom. The minimum absolute atomic E-state index is 0.271. The molecule has 5 nitrogen and oxygen atoms in total. The Hall–Kier alpha value is -2.47.